The van der Waals surface area contributed by atoms with E-state index in [1.807, 2.05) is 12.1 Å². The number of piperazine rings is 1. The zero-order valence-corrected chi connectivity index (χ0v) is 17.9. The molecule has 2 fully saturated rings. The van der Waals surface area contributed by atoms with Gasteiger partial charge in [-0.05, 0) is 48.2 Å². The fourth-order valence-electron chi connectivity index (χ4n) is 3.94. The third-order valence-corrected chi connectivity index (χ3v) is 7.25. The lowest BCUT2D eigenvalue weighted by molar-refractivity contribution is -0.143. The summed E-state index contributed by atoms with van der Waals surface area (Å²) in [4.78, 5) is 29.9. The van der Waals surface area contributed by atoms with Gasteiger partial charge in [-0.1, -0.05) is 23.7 Å². The average molecular weight is 444 g/mol. The molecule has 1 saturated heterocycles. The van der Waals surface area contributed by atoms with Crippen LogP contribution in [0.4, 0.5) is 5.69 Å². The molecule has 0 bridgehead atoms. The molecule has 3 aliphatic rings. The van der Waals surface area contributed by atoms with Crippen LogP contribution in [0.15, 0.2) is 41.3 Å². The molecule has 5 rings (SSSR count). The Morgan fingerprint density at radius 2 is 1.67 bits per heavy atom. The van der Waals surface area contributed by atoms with Crippen LogP contribution in [0.1, 0.15) is 23.2 Å². The molecule has 8 heteroatoms. The van der Waals surface area contributed by atoms with Crippen LogP contribution in [0.25, 0.3) is 11.1 Å². The Morgan fingerprint density at radius 1 is 1.00 bits per heavy atom. The molecule has 6 nitrogen and oxygen atoms in total. The highest BCUT2D eigenvalue weighted by Gasteiger charge is 2.50. The second-order valence-electron chi connectivity index (χ2n) is 7.99. The van der Waals surface area contributed by atoms with Crippen LogP contribution in [0.2, 0.25) is 5.02 Å². The average Bonchev–Trinajstić information content (AvgIpc) is 3.34. The third kappa shape index (κ3) is 3.55. The van der Waals surface area contributed by atoms with Crippen molar-refractivity contribution in [3.63, 3.8) is 0 Å². The van der Waals surface area contributed by atoms with Gasteiger partial charge in [0.15, 0.2) is 0 Å². The van der Waals surface area contributed by atoms with Gasteiger partial charge in [0.2, 0.25) is 0 Å². The number of aliphatic hydroxyl groups is 1. The molecule has 2 aromatic rings. The monoisotopic (exact) mass is 443 g/mol. The predicted molar refractivity (Wildman–Crippen MR) is 118 cm³/mol. The van der Waals surface area contributed by atoms with E-state index < -0.39 is 5.60 Å². The van der Waals surface area contributed by atoms with Gasteiger partial charge in [-0.25, -0.2) is 0 Å². The summed E-state index contributed by atoms with van der Waals surface area (Å²) >= 11 is 8.27. The number of carbonyl (C=O) groups excluding carboxylic acids is 2. The predicted octanol–water partition coefficient (Wildman–Crippen LogP) is 3.29. The van der Waals surface area contributed by atoms with Gasteiger partial charge in [0, 0.05) is 36.8 Å². The number of amides is 2. The number of nitrogens with zero attached hydrogens (tertiary/aromatic N) is 2. The van der Waals surface area contributed by atoms with Crippen molar-refractivity contribution in [3.05, 3.63) is 47.0 Å². The van der Waals surface area contributed by atoms with E-state index in [1.54, 1.807) is 27.6 Å². The quantitative estimate of drug-likeness (QED) is 0.761. The first-order chi connectivity index (χ1) is 14.4. The van der Waals surface area contributed by atoms with E-state index >= 15 is 0 Å². The van der Waals surface area contributed by atoms with E-state index in [2.05, 4.69) is 23.5 Å². The van der Waals surface area contributed by atoms with E-state index in [0.717, 1.165) is 22.7 Å². The smallest absolute Gasteiger partial charge is 0.255 e. The first kappa shape index (κ1) is 19.7. The zero-order chi connectivity index (χ0) is 20.9. The highest BCUT2D eigenvalue weighted by molar-refractivity contribution is 7.99. The van der Waals surface area contributed by atoms with Gasteiger partial charge in [-0.15, -0.1) is 11.8 Å². The standard InChI is InChI=1S/C22H22ClN3O3S/c23-17-11-14(15-2-4-19-18(12-15)24-13-30-19)1-3-16(17)20(27)25-7-9-26(10-8-25)21(28)22(29)5-6-22/h1-4,11-12,24,29H,5-10,13H2. The molecule has 2 aromatic carbocycles. The van der Waals surface area contributed by atoms with Crippen LogP contribution < -0.4 is 5.32 Å². The van der Waals surface area contributed by atoms with Crippen LogP contribution in [0.3, 0.4) is 0 Å². The number of anilines is 1. The molecule has 2 heterocycles. The number of rotatable bonds is 3. The van der Waals surface area contributed by atoms with Crippen molar-refractivity contribution in [1.29, 1.82) is 0 Å². The van der Waals surface area contributed by atoms with Gasteiger partial charge in [0.1, 0.15) is 5.60 Å². The summed E-state index contributed by atoms with van der Waals surface area (Å²) in [6.45, 7) is 1.74. The maximum absolute atomic E-state index is 13.0. The fraction of sp³-hybridized carbons (Fsp3) is 0.364. The van der Waals surface area contributed by atoms with Gasteiger partial charge in [-0.3, -0.25) is 9.59 Å². The molecule has 1 aliphatic carbocycles. The van der Waals surface area contributed by atoms with Crippen LogP contribution in [-0.4, -0.2) is 64.4 Å². The summed E-state index contributed by atoms with van der Waals surface area (Å²) in [6.07, 6.45) is 1.07. The molecular weight excluding hydrogens is 422 g/mol. The van der Waals surface area contributed by atoms with Gasteiger partial charge in [0.25, 0.3) is 11.8 Å². The maximum Gasteiger partial charge on any atom is 0.255 e. The first-order valence-electron chi connectivity index (χ1n) is 10.1. The minimum absolute atomic E-state index is 0.129. The highest BCUT2D eigenvalue weighted by atomic mass is 35.5. The number of benzene rings is 2. The Hall–Kier alpha value is -2.22. The van der Waals surface area contributed by atoms with Gasteiger partial charge in [-0.2, -0.15) is 0 Å². The van der Waals surface area contributed by atoms with Crippen LogP contribution in [0, 0.1) is 0 Å². The van der Waals surface area contributed by atoms with Crippen molar-refractivity contribution in [2.24, 2.45) is 0 Å². The van der Waals surface area contributed by atoms with Crippen molar-refractivity contribution in [2.45, 2.75) is 23.3 Å². The van der Waals surface area contributed by atoms with Gasteiger partial charge >= 0.3 is 0 Å². The summed E-state index contributed by atoms with van der Waals surface area (Å²) in [5, 5.41) is 13.8. The van der Waals surface area contributed by atoms with Crippen molar-refractivity contribution in [1.82, 2.24) is 9.80 Å². The largest absolute Gasteiger partial charge is 0.380 e. The lowest BCUT2D eigenvalue weighted by atomic mass is 10.0. The Bertz CT molecular complexity index is 1030. The van der Waals surface area contributed by atoms with Gasteiger partial charge < -0.3 is 20.2 Å². The van der Waals surface area contributed by atoms with Crippen LogP contribution >= 0.6 is 23.4 Å². The third-order valence-electron chi connectivity index (χ3n) is 5.98. The second-order valence-corrected chi connectivity index (χ2v) is 9.41. The van der Waals surface area contributed by atoms with Gasteiger partial charge in [0.05, 0.1) is 16.5 Å². The first-order valence-corrected chi connectivity index (χ1v) is 11.4. The van der Waals surface area contributed by atoms with E-state index in [9.17, 15) is 14.7 Å². The molecule has 30 heavy (non-hydrogen) atoms. The number of hydrogen-bond acceptors (Lipinski definition) is 5. The molecule has 0 spiro atoms. The van der Waals surface area contributed by atoms with Crippen molar-refractivity contribution >= 4 is 40.9 Å². The topological polar surface area (TPSA) is 72.9 Å². The fourth-order valence-corrected chi connectivity index (χ4v) is 5.04. The molecule has 0 atom stereocenters. The minimum atomic E-state index is -1.16. The number of fused-ring (bicyclic) bond motifs is 1. The summed E-state index contributed by atoms with van der Waals surface area (Å²) in [5.74, 6) is 0.542. The summed E-state index contributed by atoms with van der Waals surface area (Å²) < 4.78 is 0. The summed E-state index contributed by atoms with van der Waals surface area (Å²) in [7, 11) is 0. The lowest BCUT2D eigenvalue weighted by Gasteiger charge is -2.36. The molecule has 0 aromatic heterocycles. The number of hydrogen-bond donors (Lipinski definition) is 2. The molecule has 0 unspecified atom stereocenters. The Labute approximate surface area is 184 Å². The summed E-state index contributed by atoms with van der Waals surface area (Å²) in [5.41, 5.74) is 2.45. The zero-order valence-electron chi connectivity index (χ0n) is 16.4. The lowest BCUT2D eigenvalue weighted by Crippen LogP contribution is -2.53. The number of halogens is 1. The van der Waals surface area contributed by atoms with Crippen LogP contribution in [0.5, 0.6) is 0 Å². The van der Waals surface area contributed by atoms with Crippen molar-refractivity contribution in [2.75, 3.05) is 37.4 Å². The highest BCUT2D eigenvalue weighted by Crippen LogP contribution is 2.38. The van der Waals surface area contributed by atoms with E-state index in [1.165, 1.54) is 4.90 Å². The molecule has 0 radical (unpaired) electrons. The Balaban J connectivity index is 1.28. The molecule has 156 valence electrons. The van der Waals surface area contributed by atoms with Crippen LogP contribution in [-0.2, 0) is 4.79 Å². The number of nitrogens with one attached hydrogen (secondary N) is 1. The van der Waals surface area contributed by atoms with E-state index in [0.29, 0.717) is 49.6 Å². The summed E-state index contributed by atoms with van der Waals surface area (Å²) in [6, 6.07) is 11.8. The second kappa shape index (κ2) is 7.48. The molecule has 2 amide bonds. The van der Waals surface area contributed by atoms with E-state index in [4.69, 9.17) is 11.6 Å². The number of carbonyl (C=O) groups is 2. The molecule has 2 N–H and O–H groups in total. The molecule has 2 aliphatic heterocycles. The molecular formula is C22H22ClN3O3S. The van der Waals surface area contributed by atoms with Crippen molar-refractivity contribution < 1.29 is 14.7 Å². The molecule has 1 saturated carbocycles. The van der Waals surface area contributed by atoms with Crippen molar-refractivity contribution in [3.8, 4) is 11.1 Å². The Kier molecular flexibility index (Phi) is 4.92. The van der Waals surface area contributed by atoms with E-state index in [-0.39, 0.29) is 11.8 Å². The maximum atomic E-state index is 13.0. The SMILES string of the molecule is O=C(c1ccc(-c2ccc3c(c2)NCS3)cc1Cl)N1CCN(C(=O)C2(O)CC2)CC1. The number of thioether (sulfide) groups is 1. The Morgan fingerprint density at radius 3 is 2.37 bits per heavy atom. The minimum Gasteiger partial charge on any atom is -0.380 e. The normalized spacial score (nSPS) is 19.3.